The molecular formula is C20H24N2O4. The van der Waals surface area contributed by atoms with Gasteiger partial charge in [-0.2, -0.15) is 0 Å². The molecule has 2 amide bonds. The molecule has 6 heteroatoms. The smallest absolute Gasteiger partial charge is 0.289 e. The largest absolute Gasteiger partial charge is 0.466 e. The maximum absolute atomic E-state index is 12.4. The van der Waals surface area contributed by atoms with Gasteiger partial charge < -0.3 is 18.6 Å². The van der Waals surface area contributed by atoms with Crippen molar-refractivity contribution in [2.75, 3.05) is 26.2 Å². The zero-order valence-electron chi connectivity index (χ0n) is 15.0. The monoisotopic (exact) mass is 356 g/mol. The summed E-state index contributed by atoms with van der Waals surface area (Å²) in [6.07, 6.45) is 3.77. The summed E-state index contributed by atoms with van der Waals surface area (Å²) in [5, 5.41) is 0. The second-order valence-corrected chi connectivity index (χ2v) is 7.27. The molecule has 3 heterocycles. The van der Waals surface area contributed by atoms with Crippen LogP contribution in [0, 0.1) is 5.92 Å². The van der Waals surface area contributed by atoms with Crippen molar-refractivity contribution >= 4 is 11.8 Å². The Morgan fingerprint density at radius 3 is 2.50 bits per heavy atom. The highest BCUT2D eigenvalue weighted by atomic mass is 16.3. The maximum atomic E-state index is 12.4. The molecule has 2 aromatic heterocycles. The molecule has 138 valence electrons. The first-order valence-electron chi connectivity index (χ1n) is 9.31. The number of piperazine rings is 1. The first-order chi connectivity index (χ1) is 12.6. The SMILES string of the molecule is CC1CC1c1ccc(CCC(=O)N2CCN(C(=O)c3ccco3)CC2)o1. The predicted octanol–water partition coefficient (Wildman–Crippen LogP) is 2.91. The Morgan fingerprint density at radius 1 is 1.12 bits per heavy atom. The molecule has 2 aromatic rings. The summed E-state index contributed by atoms with van der Waals surface area (Å²) < 4.78 is 11.0. The predicted molar refractivity (Wildman–Crippen MR) is 94.7 cm³/mol. The van der Waals surface area contributed by atoms with Crippen LogP contribution in [0.4, 0.5) is 0 Å². The summed E-state index contributed by atoms with van der Waals surface area (Å²) >= 11 is 0. The van der Waals surface area contributed by atoms with Gasteiger partial charge in [-0.15, -0.1) is 0 Å². The summed E-state index contributed by atoms with van der Waals surface area (Å²) in [4.78, 5) is 28.3. The molecule has 0 bridgehead atoms. The third kappa shape index (κ3) is 3.54. The maximum Gasteiger partial charge on any atom is 0.289 e. The van der Waals surface area contributed by atoms with Gasteiger partial charge in [0.05, 0.1) is 6.26 Å². The fourth-order valence-corrected chi connectivity index (χ4v) is 3.55. The van der Waals surface area contributed by atoms with Crippen LogP contribution in [-0.2, 0) is 11.2 Å². The summed E-state index contributed by atoms with van der Waals surface area (Å²) in [6, 6.07) is 7.41. The molecule has 2 fully saturated rings. The first kappa shape index (κ1) is 16.9. The van der Waals surface area contributed by atoms with E-state index in [9.17, 15) is 9.59 Å². The van der Waals surface area contributed by atoms with E-state index in [1.807, 2.05) is 17.0 Å². The number of hydrogen-bond acceptors (Lipinski definition) is 4. The van der Waals surface area contributed by atoms with E-state index in [2.05, 4.69) is 6.92 Å². The minimum absolute atomic E-state index is 0.112. The molecule has 2 unspecified atom stereocenters. The Labute approximate surface area is 152 Å². The van der Waals surface area contributed by atoms with Crippen LogP contribution in [-0.4, -0.2) is 47.8 Å². The third-order valence-electron chi connectivity index (χ3n) is 5.39. The van der Waals surface area contributed by atoms with Gasteiger partial charge >= 0.3 is 0 Å². The molecule has 0 N–H and O–H groups in total. The van der Waals surface area contributed by atoms with E-state index >= 15 is 0 Å². The lowest BCUT2D eigenvalue weighted by Gasteiger charge is -2.34. The van der Waals surface area contributed by atoms with E-state index in [4.69, 9.17) is 8.83 Å². The van der Waals surface area contributed by atoms with Crippen LogP contribution in [0.1, 0.15) is 47.8 Å². The number of nitrogens with zero attached hydrogens (tertiary/aromatic N) is 2. The average molecular weight is 356 g/mol. The molecule has 6 nitrogen and oxygen atoms in total. The Morgan fingerprint density at radius 2 is 1.85 bits per heavy atom. The van der Waals surface area contributed by atoms with Crippen LogP contribution in [0.25, 0.3) is 0 Å². The second-order valence-electron chi connectivity index (χ2n) is 7.27. The number of amides is 2. The summed E-state index contributed by atoms with van der Waals surface area (Å²) in [7, 11) is 0. The van der Waals surface area contributed by atoms with Gasteiger partial charge in [0.2, 0.25) is 5.91 Å². The van der Waals surface area contributed by atoms with Crippen molar-refractivity contribution in [1.82, 2.24) is 9.80 Å². The zero-order valence-corrected chi connectivity index (χ0v) is 15.0. The molecule has 1 aliphatic carbocycles. The highest BCUT2D eigenvalue weighted by molar-refractivity contribution is 5.91. The summed E-state index contributed by atoms with van der Waals surface area (Å²) in [5.41, 5.74) is 0. The second kappa shape index (κ2) is 7.02. The van der Waals surface area contributed by atoms with E-state index in [0.29, 0.717) is 50.7 Å². The van der Waals surface area contributed by atoms with E-state index in [-0.39, 0.29) is 11.8 Å². The van der Waals surface area contributed by atoms with Gasteiger partial charge in [0.25, 0.3) is 5.91 Å². The van der Waals surface area contributed by atoms with Crippen molar-refractivity contribution in [2.45, 2.75) is 32.1 Å². The van der Waals surface area contributed by atoms with Crippen LogP contribution >= 0.6 is 0 Å². The van der Waals surface area contributed by atoms with Crippen molar-refractivity contribution in [3.8, 4) is 0 Å². The molecule has 1 saturated carbocycles. The number of carbonyl (C=O) groups is 2. The number of aryl methyl sites for hydroxylation is 1. The van der Waals surface area contributed by atoms with Crippen molar-refractivity contribution in [3.05, 3.63) is 47.8 Å². The Balaban J connectivity index is 1.23. The number of carbonyl (C=O) groups excluding carboxylic acids is 2. The zero-order chi connectivity index (χ0) is 18.1. The van der Waals surface area contributed by atoms with Crippen molar-refractivity contribution in [3.63, 3.8) is 0 Å². The molecular weight excluding hydrogens is 332 g/mol. The fourth-order valence-electron chi connectivity index (χ4n) is 3.55. The fraction of sp³-hybridized carbons (Fsp3) is 0.500. The Bertz CT molecular complexity index is 772. The Hall–Kier alpha value is -2.50. The van der Waals surface area contributed by atoms with E-state index in [1.165, 1.54) is 12.7 Å². The van der Waals surface area contributed by atoms with Crippen LogP contribution in [0.3, 0.4) is 0 Å². The topological polar surface area (TPSA) is 66.9 Å². The highest BCUT2D eigenvalue weighted by Gasteiger charge is 2.36. The van der Waals surface area contributed by atoms with E-state index in [1.54, 1.807) is 17.0 Å². The van der Waals surface area contributed by atoms with Gasteiger partial charge in [-0.05, 0) is 36.6 Å². The minimum Gasteiger partial charge on any atom is -0.466 e. The number of furan rings is 2. The Kier molecular flexibility index (Phi) is 4.57. The van der Waals surface area contributed by atoms with Crippen LogP contribution in [0.5, 0.6) is 0 Å². The summed E-state index contributed by atoms with van der Waals surface area (Å²) in [6.45, 7) is 4.43. The van der Waals surface area contributed by atoms with Crippen LogP contribution < -0.4 is 0 Å². The van der Waals surface area contributed by atoms with Gasteiger partial charge in [0.1, 0.15) is 11.5 Å². The molecule has 1 aliphatic heterocycles. The lowest BCUT2D eigenvalue weighted by Crippen LogP contribution is -2.50. The van der Waals surface area contributed by atoms with E-state index < -0.39 is 0 Å². The van der Waals surface area contributed by atoms with Gasteiger partial charge in [-0.25, -0.2) is 0 Å². The van der Waals surface area contributed by atoms with Crippen LogP contribution in [0.15, 0.2) is 39.4 Å². The lowest BCUT2D eigenvalue weighted by atomic mass is 10.2. The average Bonchev–Trinajstić information content (AvgIpc) is 3.11. The summed E-state index contributed by atoms with van der Waals surface area (Å²) in [5.74, 6) is 3.59. The van der Waals surface area contributed by atoms with Gasteiger partial charge in [-0.1, -0.05) is 6.92 Å². The van der Waals surface area contributed by atoms with E-state index in [0.717, 1.165) is 17.4 Å². The van der Waals surface area contributed by atoms with Crippen molar-refractivity contribution in [2.24, 2.45) is 5.92 Å². The molecule has 4 rings (SSSR count). The minimum atomic E-state index is -0.112. The lowest BCUT2D eigenvalue weighted by molar-refractivity contribution is -0.132. The van der Waals surface area contributed by atoms with Crippen molar-refractivity contribution < 1.29 is 18.4 Å². The quantitative estimate of drug-likeness (QED) is 0.826. The number of hydrogen-bond donors (Lipinski definition) is 0. The molecule has 2 atom stereocenters. The van der Waals surface area contributed by atoms with Gasteiger partial charge in [-0.3, -0.25) is 9.59 Å². The molecule has 0 radical (unpaired) electrons. The van der Waals surface area contributed by atoms with Gasteiger partial charge in [0, 0.05) is 44.9 Å². The third-order valence-corrected chi connectivity index (χ3v) is 5.39. The molecule has 2 aliphatic rings. The highest BCUT2D eigenvalue weighted by Crippen LogP contribution is 2.47. The van der Waals surface area contributed by atoms with Crippen molar-refractivity contribution in [1.29, 1.82) is 0 Å². The normalized spacial score (nSPS) is 22.5. The molecule has 0 aromatic carbocycles. The molecule has 26 heavy (non-hydrogen) atoms. The molecule has 1 saturated heterocycles. The van der Waals surface area contributed by atoms with Crippen LogP contribution in [0.2, 0.25) is 0 Å². The molecule has 0 spiro atoms. The van der Waals surface area contributed by atoms with Gasteiger partial charge in [0.15, 0.2) is 5.76 Å². The standard InChI is InChI=1S/C20H24N2O4/c1-14-13-16(14)17-6-4-15(26-17)5-7-19(23)21-8-10-22(11-9-21)20(24)18-3-2-12-25-18/h2-4,6,12,14,16H,5,7-11,13H2,1H3. The number of rotatable bonds is 5. The first-order valence-corrected chi connectivity index (χ1v) is 9.31.